The summed E-state index contributed by atoms with van der Waals surface area (Å²) in [6, 6.07) is 1.63. The van der Waals surface area contributed by atoms with Crippen molar-refractivity contribution < 1.29 is 29.7 Å². The zero-order chi connectivity index (χ0) is 28.2. The third-order valence-electron chi connectivity index (χ3n) is 6.15. The number of pyridine rings is 1. The van der Waals surface area contributed by atoms with E-state index in [0.29, 0.717) is 12.5 Å². The first kappa shape index (κ1) is 29.9. The Bertz CT molecular complexity index is 1230. The number of amides is 4. The van der Waals surface area contributed by atoms with E-state index in [2.05, 4.69) is 26.3 Å². The molecular weight excluding hydrogens is 494 g/mol. The zero-order valence-corrected chi connectivity index (χ0v) is 22.1. The number of hydrogen-bond acceptors (Lipinski definition) is 7. The van der Waals surface area contributed by atoms with Gasteiger partial charge in [0.2, 0.25) is 17.6 Å². The van der Waals surface area contributed by atoms with E-state index < -0.39 is 35.1 Å². The molecule has 2 heterocycles. The van der Waals surface area contributed by atoms with Crippen LogP contribution in [-0.4, -0.2) is 63.2 Å². The maximum Gasteiger partial charge on any atom is 0.287 e. The summed E-state index contributed by atoms with van der Waals surface area (Å²) in [4.78, 5) is 78.5. The van der Waals surface area contributed by atoms with Gasteiger partial charge in [-0.15, -0.1) is 0 Å². The first-order valence-electron chi connectivity index (χ1n) is 12.4. The standard InChI is InChI=1S/C25H35N7O6.4H2/c1-5-16(6-2)12-28-21(34)14-32-11-7-8-18(25(32)38)30-22(35)17(9-10-20(33)24(37)26-3)29-23(36)19-13-27-15-31(19)4;;;;/h7-8,11,13,15-17H,5-6,9-10,12,14H2,1-4H3,(H,26,37)(H,28,34)(H,29,36)(H,30,35);4*1H/t17-;;;;/m0..../s1. The van der Waals surface area contributed by atoms with E-state index in [4.69, 9.17) is 0 Å². The van der Waals surface area contributed by atoms with Gasteiger partial charge in [-0.25, -0.2) is 4.98 Å². The minimum absolute atomic E-state index is 0. The second kappa shape index (κ2) is 14.4. The molecule has 2 aromatic heterocycles. The number of nitrogens with one attached hydrogen (secondary N) is 4. The number of imidazole rings is 1. The molecule has 0 unspecified atom stereocenters. The van der Waals surface area contributed by atoms with E-state index in [9.17, 15) is 28.8 Å². The van der Waals surface area contributed by atoms with Gasteiger partial charge in [-0.05, 0) is 24.5 Å². The molecular formula is C25H43N7O6. The van der Waals surface area contributed by atoms with Gasteiger partial charge in [-0.3, -0.25) is 28.8 Å². The Hall–Kier alpha value is -4.29. The summed E-state index contributed by atoms with van der Waals surface area (Å²) in [5.74, 6) is -2.97. The Morgan fingerprint density at radius 2 is 1.84 bits per heavy atom. The highest BCUT2D eigenvalue weighted by Gasteiger charge is 2.26. The van der Waals surface area contributed by atoms with Crippen molar-refractivity contribution in [3.8, 4) is 0 Å². The van der Waals surface area contributed by atoms with Crippen molar-refractivity contribution in [3.63, 3.8) is 0 Å². The van der Waals surface area contributed by atoms with Crippen molar-refractivity contribution in [3.05, 3.63) is 46.9 Å². The SMILES string of the molecule is CCC(CC)CNC(=O)Cn1cccc(NC(=O)[C@H](CCC(=O)C(=O)NC)NC(=O)c2cncn2C)c1=O.[HH].[HH].[HH].[HH]. The fourth-order valence-corrected chi connectivity index (χ4v) is 3.63. The van der Waals surface area contributed by atoms with E-state index in [1.54, 1.807) is 7.05 Å². The summed E-state index contributed by atoms with van der Waals surface area (Å²) in [6.07, 6.45) is 5.48. The lowest BCUT2D eigenvalue weighted by molar-refractivity contribution is -0.137. The first-order chi connectivity index (χ1) is 18.1. The average Bonchev–Trinajstić information content (AvgIpc) is 3.34. The number of rotatable bonds is 14. The number of ketones is 1. The second-order valence-electron chi connectivity index (χ2n) is 8.79. The van der Waals surface area contributed by atoms with Gasteiger partial charge in [0.25, 0.3) is 17.4 Å². The molecule has 0 bridgehead atoms. The lowest BCUT2D eigenvalue weighted by atomic mass is 10.0. The quantitative estimate of drug-likeness (QED) is 0.260. The fourth-order valence-electron chi connectivity index (χ4n) is 3.63. The summed E-state index contributed by atoms with van der Waals surface area (Å²) < 4.78 is 2.61. The van der Waals surface area contributed by atoms with E-state index >= 15 is 0 Å². The summed E-state index contributed by atoms with van der Waals surface area (Å²) >= 11 is 0. The van der Waals surface area contributed by atoms with Crippen molar-refractivity contribution in [2.75, 3.05) is 18.9 Å². The van der Waals surface area contributed by atoms with Crippen molar-refractivity contribution >= 4 is 35.1 Å². The smallest absolute Gasteiger partial charge is 0.287 e. The molecule has 0 saturated carbocycles. The zero-order valence-electron chi connectivity index (χ0n) is 22.1. The van der Waals surface area contributed by atoms with E-state index in [0.717, 1.165) is 17.4 Å². The minimum atomic E-state index is -1.25. The van der Waals surface area contributed by atoms with Crippen LogP contribution in [0.5, 0.6) is 0 Å². The molecule has 0 aliphatic heterocycles. The molecule has 0 aliphatic rings. The third-order valence-corrected chi connectivity index (χ3v) is 6.15. The Balaban J connectivity index is -0.00000380. The molecule has 2 rings (SSSR count). The molecule has 13 heteroatoms. The number of likely N-dealkylation sites (N-methyl/N-ethyl adjacent to an activating group) is 1. The third kappa shape index (κ3) is 8.39. The molecule has 0 spiro atoms. The molecule has 1 atom stereocenters. The number of Topliss-reactive ketones (excluding diaryl/α,β-unsaturated/α-hetero) is 1. The molecule has 0 radical (unpaired) electrons. The van der Waals surface area contributed by atoms with Crippen LogP contribution in [-0.2, 0) is 32.8 Å². The molecule has 4 amide bonds. The van der Waals surface area contributed by atoms with Crippen LogP contribution in [0.4, 0.5) is 5.69 Å². The molecule has 2 aromatic rings. The van der Waals surface area contributed by atoms with Gasteiger partial charge < -0.3 is 30.4 Å². The summed E-state index contributed by atoms with van der Waals surface area (Å²) in [5.41, 5.74) is -0.554. The second-order valence-corrected chi connectivity index (χ2v) is 8.79. The molecule has 4 N–H and O–H groups in total. The molecule has 0 aliphatic carbocycles. The van der Waals surface area contributed by atoms with E-state index in [1.807, 2.05) is 13.8 Å². The molecule has 214 valence electrons. The number of nitrogens with zero attached hydrogens (tertiary/aromatic N) is 3. The number of hydrogen-bond donors (Lipinski definition) is 4. The van der Waals surface area contributed by atoms with Crippen LogP contribution >= 0.6 is 0 Å². The van der Waals surface area contributed by atoms with Gasteiger partial charge in [-0.2, -0.15) is 0 Å². The highest BCUT2D eigenvalue weighted by molar-refractivity contribution is 6.36. The van der Waals surface area contributed by atoms with Gasteiger partial charge in [-0.1, -0.05) is 26.7 Å². The monoisotopic (exact) mass is 537 g/mol. The predicted molar refractivity (Wildman–Crippen MR) is 148 cm³/mol. The van der Waals surface area contributed by atoms with Crippen molar-refractivity contribution in [2.24, 2.45) is 13.0 Å². The Kier molecular flexibility index (Phi) is 11.4. The Morgan fingerprint density at radius 1 is 1.13 bits per heavy atom. The van der Waals surface area contributed by atoms with Gasteiger partial charge >= 0.3 is 0 Å². The van der Waals surface area contributed by atoms with Crippen LogP contribution < -0.4 is 26.8 Å². The van der Waals surface area contributed by atoms with E-state index in [-0.39, 0.29) is 42.4 Å². The van der Waals surface area contributed by atoms with Crippen LogP contribution in [0.25, 0.3) is 0 Å². The van der Waals surface area contributed by atoms with Crippen molar-refractivity contribution in [1.29, 1.82) is 0 Å². The maximum atomic E-state index is 13.1. The van der Waals surface area contributed by atoms with E-state index in [1.165, 1.54) is 42.5 Å². The molecule has 0 aromatic carbocycles. The minimum Gasteiger partial charge on any atom is -0.354 e. The topological polar surface area (TPSA) is 173 Å². The first-order valence-corrected chi connectivity index (χ1v) is 12.4. The lowest BCUT2D eigenvalue weighted by Gasteiger charge is -2.18. The summed E-state index contributed by atoms with van der Waals surface area (Å²) in [5, 5.41) is 10.0. The van der Waals surface area contributed by atoms with Crippen LogP contribution in [0.1, 0.15) is 55.7 Å². The van der Waals surface area contributed by atoms with Crippen LogP contribution in [0.3, 0.4) is 0 Å². The lowest BCUT2D eigenvalue weighted by Crippen LogP contribution is -2.45. The van der Waals surface area contributed by atoms with Crippen LogP contribution in [0.2, 0.25) is 0 Å². The largest absolute Gasteiger partial charge is 0.354 e. The highest BCUT2D eigenvalue weighted by Crippen LogP contribution is 2.08. The normalized spacial score (nSPS) is 11.5. The van der Waals surface area contributed by atoms with Gasteiger partial charge in [0.1, 0.15) is 24.0 Å². The molecule has 38 heavy (non-hydrogen) atoms. The average molecular weight is 538 g/mol. The van der Waals surface area contributed by atoms with Crippen molar-refractivity contribution in [1.82, 2.24) is 30.1 Å². The molecule has 0 saturated heterocycles. The van der Waals surface area contributed by atoms with Crippen LogP contribution in [0, 0.1) is 5.92 Å². The van der Waals surface area contributed by atoms with Gasteiger partial charge in [0.05, 0.1) is 12.5 Å². The Labute approximate surface area is 226 Å². The van der Waals surface area contributed by atoms with Gasteiger partial charge in [0.15, 0.2) is 0 Å². The number of aryl methyl sites for hydroxylation is 1. The number of aromatic nitrogens is 3. The molecule has 0 fully saturated rings. The van der Waals surface area contributed by atoms with Crippen LogP contribution in [0.15, 0.2) is 35.6 Å². The van der Waals surface area contributed by atoms with Crippen molar-refractivity contribution in [2.45, 2.75) is 52.1 Å². The number of carbonyl (C=O) groups is 5. The summed E-state index contributed by atoms with van der Waals surface area (Å²) in [6.45, 7) is 4.35. The summed E-state index contributed by atoms with van der Waals surface area (Å²) in [7, 11) is 2.90. The Morgan fingerprint density at radius 3 is 2.45 bits per heavy atom. The number of anilines is 1. The maximum absolute atomic E-state index is 13.1. The highest BCUT2D eigenvalue weighted by atomic mass is 16.2. The van der Waals surface area contributed by atoms with Gasteiger partial charge in [0, 0.05) is 39.0 Å². The fraction of sp³-hybridized carbons (Fsp3) is 0.480. The number of carbonyl (C=O) groups excluding carboxylic acids is 5. The molecule has 13 nitrogen and oxygen atoms in total. The predicted octanol–water partition coefficient (Wildman–Crippen LogP) is 0.951.